The van der Waals surface area contributed by atoms with Gasteiger partial charge in [-0.3, -0.25) is 9.97 Å². The van der Waals surface area contributed by atoms with Crippen LogP contribution in [0.15, 0.2) is 55.0 Å². The van der Waals surface area contributed by atoms with E-state index in [0.29, 0.717) is 29.0 Å². The van der Waals surface area contributed by atoms with Crippen LogP contribution in [0.5, 0.6) is 11.5 Å². The molecule has 0 amide bonds. The Labute approximate surface area is 132 Å². The minimum absolute atomic E-state index is 0.220. The van der Waals surface area contributed by atoms with Crippen molar-refractivity contribution in [2.24, 2.45) is 0 Å². The van der Waals surface area contributed by atoms with Crippen molar-refractivity contribution in [2.75, 3.05) is 0 Å². The highest BCUT2D eigenvalue weighted by Gasteiger charge is 2.26. The van der Waals surface area contributed by atoms with Crippen molar-refractivity contribution in [1.29, 1.82) is 0 Å². The molecule has 1 N–H and O–H groups in total. The van der Waals surface area contributed by atoms with Crippen molar-refractivity contribution in [3.05, 3.63) is 71.7 Å². The zero-order chi connectivity index (χ0) is 15.8. The molecular weight excluding hydrogens is 292 g/mol. The van der Waals surface area contributed by atoms with Crippen LogP contribution in [-0.2, 0) is 6.42 Å². The monoisotopic (exact) mass is 304 g/mol. The first-order valence-electron chi connectivity index (χ1n) is 7.15. The molecular formula is C18H12N2O3. The number of para-hydroxylation sites is 1. The summed E-state index contributed by atoms with van der Waals surface area (Å²) in [5.74, 6) is 0.350. The maximum atomic E-state index is 11.9. The molecule has 1 aliphatic heterocycles. The number of fused-ring (bicyclic) bond motifs is 2. The van der Waals surface area contributed by atoms with Crippen LogP contribution < -0.4 is 4.74 Å². The summed E-state index contributed by atoms with van der Waals surface area (Å²) in [6.07, 6.45) is 5.18. The highest BCUT2D eigenvalue weighted by molar-refractivity contribution is 5.98. The van der Waals surface area contributed by atoms with Gasteiger partial charge in [-0.1, -0.05) is 18.2 Å². The number of hydrogen-bond donors (Lipinski definition) is 1. The number of aromatic nitrogens is 2. The summed E-state index contributed by atoms with van der Waals surface area (Å²) in [6.45, 7) is 0. The molecule has 0 saturated heterocycles. The largest absolute Gasteiger partial charge is 0.478 e. The number of aromatic carboxylic acids is 1. The van der Waals surface area contributed by atoms with Crippen LogP contribution in [-0.4, -0.2) is 21.0 Å². The van der Waals surface area contributed by atoms with Crippen molar-refractivity contribution in [1.82, 2.24) is 9.97 Å². The normalized spacial score (nSPS) is 12.0. The van der Waals surface area contributed by atoms with Crippen molar-refractivity contribution in [3.8, 4) is 22.8 Å². The van der Waals surface area contributed by atoms with Crippen LogP contribution in [0.3, 0.4) is 0 Å². The SMILES string of the molecule is O=C(O)c1c(-c2cnccn2)ccc2c1Cc1ccccc1O2. The molecule has 0 aliphatic carbocycles. The van der Waals surface area contributed by atoms with Crippen LogP contribution in [0, 0.1) is 0 Å². The highest BCUT2D eigenvalue weighted by Crippen LogP contribution is 2.40. The second kappa shape index (κ2) is 5.21. The molecule has 0 atom stereocenters. The summed E-state index contributed by atoms with van der Waals surface area (Å²) >= 11 is 0. The summed E-state index contributed by atoms with van der Waals surface area (Å²) in [7, 11) is 0. The third-order valence-electron chi connectivity index (χ3n) is 3.88. The molecule has 0 unspecified atom stereocenters. The summed E-state index contributed by atoms with van der Waals surface area (Å²) < 4.78 is 5.86. The van der Waals surface area contributed by atoms with E-state index in [2.05, 4.69) is 9.97 Å². The van der Waals surface area contributed by atoms with Crippen molar-refractivity contribution in [3.63, 3.8) is 0 Å². The third-order valence-corrected chi connectivity index (χ3v) is 3.88. The highest BCUT2D eigenvalue weighted by atomic mass is 16.5. The minimum Gasteiger partial charge on any atom is -0.478 e. The van der Waals surface area contributed by atoms with Gasteiger partial charge in [0.05, 0.1) is 17.5 Å². The van der Waals surface area contributed by atoms with E-state index in [1.54, 1.807) is 30.7 Å². The predicted octanol–water partition coefficient (Wildman–Crippen LogP) is 3.54. The number of hydrogen-bond acceptors (Lipinski definition) is 4. The fourth-order valence-corrected chi connectivity index (χ4v) is 2.85. The van der Waals surface area contributed by atoms with Gasteiger partial charge >= 0.3 is 5.97 Å². The minimum atomic E-state index is -0.995. The van der Waals surface area contributed by atoms with Crippen LogP contribution in [0.25, 0.3) is 11.3 Å². The zero-order valence-electron chi connectivity index (χ0n) is 12.1. The maximum Gasteiger partial charge on any atom is 0.336 e. The molecule has 1 aliphatic rings. The molecule has 0 spiro atoms. The molecule has 0 radical (unpaired) electrons. The van der Waals surface area contributed by atoms with E-state index in [1.807, 2.05) is 24.3 Å². The van der Waals surface area contributed by atoms with Crippen LogP contribution in [0.2, 0.25) is 0 Å². The van der Waals surface area contributed by atoms with E-state index in [9.17, 15) is 9.90 Å². The molecule has 112 valence electrons. The summed E-state index contributed by atoms with van der Waals surface area (Å²) in [5, 5.41) is 9.73. The summed E-state index contributed by atoms with van der Waals surface area (Å²) in [4.78, 5) is 20.1. The number of nitrogens with zero attached hydrogens (tertiary/aromatic N) is 2. The number of ether oxygens (including phenoxy) is 1. The number of carbonyl (C=O) groups is 1. The number of benzene rings is 2. The fraction of sp³-hybridized carbons (Fsp3) is 0.0556. The molecule has 5 nitrogen and oxygen atoms in total. The molecule has 1 aromatic heterocycles. The van der Waals surface area contributed by atoms with E-state index < -0.39 is 5.97 Å². The van der Waals surface area contributed by atoms with Gasteiger partial charge in [-0.2, -0.15) is 0 Å². The van der Waals surface area contributed by atoms with Gasteiger partial charge in [0.15, 0.2) is 0 Å². The molecule has 23 heavy (non-hydrogen) atoms. The summed E-state index contributed by atoms with van der Waals surface area (Å²) in [5.41, 5.74) is 2.94. The first kappa shape index (κ1) is 13.5. The molecule has 0 bridgehead atoms. The van der Waals surface area contributed by atoms with Crippen molar-refractivity contribution < 1.29 is 14.6 Å². The molecule has 0 saturated carbocycles. The number of carboxylic acid groups (broad SMARTS) is 1. The lowest BCUT2D eigenvalue weighted by atomic mass is 9.91. The van der Waals surface area contributed by atoms with Gasteiger partial charge in [0.2, 0.25) is 0 Å². The van der Waals surface area contributed by atoms with Gasteiger partial charge in [0, 0.05) is 29.9 Å². The Morgan fingerprint density at radius 3 is 2.74 bits per heavy atom. The first-order valence-corrected chi connectivity index (χ1v) is 7.15. The number of carboxylic acids is 1. The average molecular weight is 304 g/mol. The Bertz CT molecular complexity index is 907. The van der Waals surface area contributed by atoms with Crippen LogP contribution in [0.4, 0.5) is 0 Å². The Kier molecular flexibility index (Phi) is 3.05. The maximum absolute atomic E-state index is 11.9. The molecule has 4 rings (SSSR count). The van der Waals surface area contributed by atoms with Crippen LogP contribution >= 0.6 is 0 Å². The molecule has 3 aromatic rings. The van der Waals surface area contributed by atoms with Crippen LogP contribution in [0.1, 0.15) is 21.5 Å². The quantitative estimate of drug-likeness (QED) is 0.613. The van der Waals surface area contributed by atoms with Gasteiger partial charge in [-0.05, 0) is 23.8 Å². The Hall–Kier alpha value is -3.21. The Balaban J connectivity index is 1.92. The molecule has 2 heterocycles. The standard InChI is InChI=1S/C18H12N2O3/c21-18(22)17-12(14-10-19-7-8-20-14)5-6-16-13(17)9-11-3-1-2-4-15(11)23-16/h1-8,10H,9H2,(H,21,22). The fourth-order valence-electron chi connectivity index (χ4n) is 2.85. The lowest BCUT2D eigenvalue weighted by Gasteiger charge is -2.22. The molecule has 0 fully saturated rings. The second-order valence-electron chi connectivity index (χ2n) is 5.25. The van der Waals surface area contributed by atoms with E-state index in [0.717, 1.165) is 11.3 Å². The Morgan fingerprint density at radius 2 is 1.96 bits per heavy atom. The Morgan fingerprint density at radius 1 is 1.09 bits per heavy atom. The summed E-state index contributed by atoms with van der Waals surface area (Å²) in [6, 6.07) is 11.2. The van der Waals surface area contributed by atoms with E-state index >= 15 is 0 Å². The zero-order valence-corrected chi connectivity index (χ0v) is 12.1. The van der Waals surface area contributed by atoms with Gasteiger partial charge in [0.25, 0.3) is 0 Å². The van der Waals surface area contributed by atoms with Crippen molar-refractivity contribution in [2.45, 2.75) is 6.42 Å². The number of rotatable bonds is 2. The van der Waals surface area contributed by atoms with Gasteiger partial charge in [-0.15, -0.1) is 0 Å². The average Bonchev–Trinajstić information content (AvgIpc) is 2.59. The molecule has 5 heteroatoms. The van der Waals surface area contributed by atoms with E-state index in [1.165, 1.54) is 0 Å². The smallest absolute Gasteiger partial charge is 0.336 e. The molecule has 2 aromatic carbocycles. The first-order chi connectivity index (χ1) is 11.2. The topological polar surface area (TPSA) is 72.3 Å². The van der Waals surface area contributed by atoms with Gasteiger partial charge < -0.3 is 9.84 Å². The third kappa shape index (κ3) is 2.23. The lowest BCUT2D eigenvalue weighted by Crippen LogP contribution is -2.11. The van der Waals surface area contributed by atoms with E-state index in [-0.39, 0.29) is 5.56 Å². The predicted molar refractivity (Wildman–Crippen MR) is 83.7 cm³/mol. The van der Waals surface area contributed by atoms with Crippen molar-refractivity contribution >= 4 is 5.97 Å². The lowest BCUT2D eigenvalue weighted by molar-refractivity contribution is 0.0696. The van der Waals surface area contributed by atoms with Gasteiger partial charge in [0.1, 0.15) is 11.5 Å². The van der Waals surface area contributed by atoms with E-state index in [4.69, 9.17) is 4.74 Å². The second-order valence-corrected chi connectivity index (χ2v) is 5.25. The van der Waals surface area contributed by atoms with Gasteiger partial charge in [-0.25, -0.2) is 4.79 Å².